The van der Waals surface area contributed by atoms with Crippen LogP contribution in [0.2, 0.25) is 0 Å². The van der Waals surface area contributed by atoms with E-state index in [1.54, 1.807) is 0 Å². The molecule has 3 heterocycles. The van der Waals surface area contributed by atoms with Crippen molar-refractivity contribution in [3.63, 3.8) is 0 Å². The van der Waals surface area contributed by atoms with Crippen LogP contribution in [-0.4, -0.2) is 41.6 Å². The number of fused-ring (bicyclic) bond motifs is 1. The highest BCUT2D eigenvalue weighted by Crippen LogP contribution is 2.37. The molecule has 0 N–H and O–H groups in total. The minimum atomic E-state index is 0.314. The third-order valence-electron chi connectivity index (χ3n) is 8.10. The molecule has 1 aromatic heterocycles. The Morgan fingerprint density at radius 3 is 2.33 bits per heavy atom. The minimum absolute atomic E-state index is 0.314. The third kappa shape index (κ3) is 3.74. The maximum atomic E-state index is 12.8. The molecule has 1 amide bonds. The standard InChI is InChI=1S/C26H37N3O/c1-19-9-13-28(14-10-19)22-7-8-25-23(17-22)24(18-27(25)2)20-11-15-29(16-12-20)26(30)21-5-3-4-6-21/h7-8,17-21H,3-6,9-16H2,1-2H3. The molecule has 1 aromatic carbocycles. The van der Waals surface area contributed by atoms with E-state index in [0.29, 0.717) is 17.7 Å². The van der Waals surface area contributed by atoms with Crippen molar-refractivity contribution in [1.82, 2.24) is 9.47 Å². The molecule has 2 aliphatic heterocycles. The van der Waals surface area contributed by atoms with Crippen molar-refractivity contribution >= 4 is 22.5 Å². The normalized spacial score (nSPS) is 22.3. The van der Waals surface area contributed by atoms with Gasteiger partial charge in [-0.1, -0.05) is 19.8 Å². The second kappa shape index (κ2) is 8.28. The van der Waals surface area contributed by atoms with Gasteiger partial charge in [-0.15, -0.1) is 0 Å². The summed E-state index contributed by atoms with van der Waals surface area (Å²) in [7, 11) is 2.17. The van der Waals surface area contributed by atoms with Crippen LogP contribution in [0, 0.1) is 11.8 Å². The summed E-state index contributed by atoms with van der Waals surface area (Å²) in [5.41, 5.74) is 4.21. The van der Waals surface area contributed by atoms with Gasteiger partial charge in [0.2, 0.25) is 5.91 Å². The van der Waals surface area contributed by atoms with Crippen molar-refractivity contribution in [3.05, 3.63) is 30.0 Å². The van der Waals surface area contributed by atoms with E-state index in [-0.39, 0.29) is 0 Å². The van der Waals surface area contributed by atoms with Gasteiger partial charge in [-0.3, -0.25) is 4.79 Å². The van der Waals surface area contributed by atoms with Crippen LogP contribution in [0.25, 0.3) is 10.9 Å². The van der Waals surface area contributed by atoms with Crippen molar-refractivity contribution in [1.29, 1.82) is 0 Å². The largest absolute Gasteiger partial charge is 0.371 e. The highest BCUT2D eigenvalue weighted by molar-refractivity contribution is 5.88. The summed E-state index contributed by atoms with van der Waals surface area (Å²) < 4.78 is 2.29. The fraction of sp³-hybridized carbons (Fsp3) is 0.654. The van der Waals surface area contributed by atoms with Crippen LogP contribution in [0.1, 0.15) is 69.8 Å². The molecule has 1 aliphatic carbocycles. The molecule has 4 nitrogen and oxygen atoms in total. The van der Waals surface area contributed by atoms with Gasteiger partial charge in [0.15, 0.2) is 0 Å². The van der Waals surface area contributed by atoms with E-state index in [9.17, 15) is 4.79 Å². The van der Waals surface area contributed by atoms with Gasteiger partial charge in [0, 0.05) is 61.9 Å². The number of hydrogen-bond acceptors (Lipinski definition) is 2. The van der Waals surface area contributed by atoms with E-state index in [1.165, 1.54) is 60.9 Å². The predicted octanol–water partition coefficient (Wildman–Crippen LogP) is 5.31. The lowest BCUT2D eigenvalue weighted by molar-refractivity contribution is -0.136. The van der Waals surface area contributed by atoms with Crippen LogP contribution in [0.5, 0.6) is 0 Å². The van der Waals surface area contributed by atoms with Crippen LogP contribution < -0.4 is 4.90 Å². The van der Waals surface area contributed by atoms with Crippen molar-refractivity contribution in [2.24, 2.45) is 18.9 Å². The maximum Gasteiger partial charge on any atom is 0.225 e. The monoisotopic (exact) mass is 407 g/mol. The number of aromatic nitrogens is 1. The van der Waals surface area contributed by atoms with Crippen molar-refractivity contribution < 1.29 is 4.79 Å². The topological polar surface area (TPSA) is 28.5 Å². The summed E-state index contributed by atoms with van der Waals surface area (Å²) in [6, 6.07) is 7.06. The number of carbonyl (C=O) groups excluding carboxylic acids is 1. The zero-order valence-corrected chi connectivity index (χ0v) is 18.8. The lowest BCUT2D eigenvalue weighted by Crippen LogP contribution is -2.40. The van der Waals surface area contributed by atoms with Gasteiger partial charge in [-0.2, -0.15) is 0 Å². The Kier molecular flexibility index (Phi) is 5.51. The molecular formula is C26H37N3O. The first kappa shape index (κ1) is 20.0. The Bertz CT molecular complexity index is 894. The summed E-state index contributed by atoms with van der Waals surface area (Å²) >= 11 is 0. The molecule has 0 radical (unpaired) electrons. The summed E-state index contributed by atoms with van der Waals surface area (Å²) in [6.07, 6.45) is 11.8. The van der Waals surface area contributed by atoms with E-state index >= 15 is 0 Å². The van der Waals surface area contributed by atoms with Crippen LogP contribution >= 0.6 is 0 Å². The number of amides is 1. The fourth-order valence-corrected chi connectivity index (χ4v) is 6.04. The smallest absolute Gasteiger partial charge is 0.225 e. The molecule has 0 bridgehead atoms. The van der Waals surface area contributed by atoms with Gasteiger partial charge in [-0.25, -0.2) is 0 Å². The second-order valence-corrected chi connectivity index (χ2v) is 10.1. The van der Waals surface area contributed by atoms with Gasteiger partial charge < -0.3 is 14.4 Å². The summed E-state index contributed by atoms with van der Waals surface area (Å²) in [5, 5.41) is 1.43. The van der Waals surface area contributed by atoms with E-state index in [0.717, 1.165) is 44.7 Å². The molecule has 3 fully saturated rings. The summed E-state index contributed by atoms with van der Waals surface area (Å²) in [6.45, 7) is 6.59. The van der Waals surface area contributed by atoms with E-state index in [2.05, 4.69) is 52.7 Å². The number of carbonyl (C=O) groups is 1. The Hall–Kier alpha value is -1.97. The number of aryl methyl sites for hydroxylation is 1. The average Bonchev–Trinajstić information content (AvgIpc) is 3.42. The number of piperidine rings is 2. The van der Waals surface area contributed by atoms with Crippen LogP contribution in [-0.2, 0) is 11.8 Å². The molecule has 0 unspecified atom stereocenters. The molecule has 0 atom stereocenters. The highest BCUT2D eigenvalue weighted by atomic mass is 16.2. The van der Waals surface area contributed by atoms with Crippen molar-refractivity contribution in [2.75, 3.05) is 31.1 Å². The van der Waals surface area contributed by atoms with E-state index in [1.807, 2.05) is 0 Å². The first-order valence-corrected chi connectivity index (χ1v) is 12.2. The molecule has 4 heteroatoms. The SMILES string of the molecule is CC1CCN(c2ccc3c(c2)c(C2CCN(C(=O)C4CCCC4)CC2)cn3C)CC1. The molecule has 5 rings (SSSR count). The van der Waals surface area contributed by atoms with Crippen LogP contribution in [0.15, 0.2) is 24.4 Å². The van der Waals surface area contributed by atoms with Gasteiger partial charge >= 0.3 is 0 Å². The zero-order chi connectivity index (χ0) is 20.7. The zero-order valence-electron chi connectivity index (χ0n) is 18.8. The molecule has 0 spiro atoms. The lowest BCUT2D eigenvalue weighted by atomic mass is 9.88. The maximum absolute atomic E-state index is 12.8. The predicted molar refractivity (Wildman–Crippen MR) is 124 cm³/mol. The average molecular weight is 408 g/mol. The van der Waals surface area contributed by atoms with E-state index in [4.69, 9.17) is 0 Å². The van der Waals surface area contributed by atoms with Crippen LogP contribution in [0.4, 0.5) is 5.69 Å². The quantitative estimate of drug-likeness (QED) is 0.690. The molecule has 2 aromatic rings. The van der Waals surface area contributed by atoms with Gasteiger partial charge in [-0.05, 0) is 74.1 Å². The first-order valence-electron chi connectivity index (χ1n) is 12.2. The number of hydrogen-bond donors (Lipinski definition) is 0. The molecule has 162 valence electrons. The molecule has 2 saturated heterocycles. The van der Waals surface area contributed by atoms with Crippen LogP contribution in [0.3, 0.4) is 0 Å². The third-order valence-corrected chi connectivity index (χ3v) is 8.10. The first-order chi connectivity index (χ1) is 14.6. The molecular weight excluding hydrogens is 370 g/mol. The number of rotatable bonds is 3. The van der Waals surface area contributed by atoms with Gasteiger partial charge in [0.05, 0.1) is 0 Å². The Morgan fingerprint density at radius 1 is 0.933 bits per heavy atom. The van der Waals surface area contributed by atoms with Crippen molar-refractivity contribution in [3.8, 4) is 0 Å². The molecule has 1 saturated carbocycles. The highest BCUT2D eigenvalue weighted by Gasteiger charge is 2.31. The Morgan fingerprint density at radius 2 is 1.63 bits per heavy atom. The summed E-state index contributed by atoms with van der Waals surface area (Å²) in [4.78, 5) is 17.6. The summed E-state index contributed by atoms with van der Waals surface area (Å²) in [5.74, 6) is 2.17. The van der Waals surface area contributed by atoms with Crippen molar-refractivity contribution in [2.45, 2.75) is 64.2 Å². The fourth-order valence-electron chi connectivity index (χ4n) is 6.04. The second-order valence-electron chi connectivity index (χ2n) is 10.1. The molecule has 3 aliphatic rings. The Balaban J connectivity index is 1.33. The lowest BCUT2D eigenvalue weighted by Gasteiger charge is -2.34. The number of likely N-dealkylation sites (tertiary alicyclic amines) is 1. The number of nitrogens with zero attached hydrogens (tertiary/aromatic N) is 3. The Labute approximate surface area is 181 Å². The number of benzene rings is 1. The molecule has 30 heavy (non-hydrogen) atoms. The van der Waals surface area contributed by atoms with Gasteiger partial charge in [0.1, 0.15) is 0 Å². The van der Waals surface area contributed by atoms with Gasteiger partial charge in [0.25, 0.3) is 0 Å². The minimum Gasteiger partial charge on any atom is -0.371 e. The van der Waals surface area contributed by atoms with E-state index < -0.39 is 0 Å². The number of anilines is 1.